The minimum absolute atomic E-state index is 0.336. The standard InChI is InChI=1S/C11H22N2O2/c1-8(6-9-4-3-5-9)13-10(7-15-2)11(12)14/h8-10,13H,3-7H2,1-2H3,(H2,12,14). The van der Waals surface area contributed by atoms with Gasteiger partial charge in [0, 0.05) is 13.2 Å². The lowest BCUT2D eigenvalue weighted by atomic mass is 9.81. The second-order valence-corrected chi connectivity index (χ2v) is 4.51. The summed E-state index contributed by atoms with van der Waals surface area (Å²) in [7, 11) is 1.58. The largest absolute Gasteiger partial charge is 0.383 e. The summed E-state index contributed by atoms with van der Waals surface area (Å²) >= 11 is 0. The number of hydrogen-bond acceptors (Lipinski definition) is 3. The third-order valence-electron chi connectivity index (χ3n) is 3.07. The summed E-state index contributed by atoms with van der Waals surface area (Å²) in [6.07, 6.45) is 5.15. The van der Waals surface area contributed by atoms with E-state index in [4.69, 9.17) is 10.5 Å². The molecule has 0 radical (unpaired) electrons. The van der Waals surface area contributed by atoms with Gasteiger partial charge in [0.05, 0.1) is 6.61 Å². The molecule has 0 heterocycles. The number of ether oxygens (including phenoxy) is 1. The van der Waals surface area contributed by atoms with Gasteiger partial charge in [-0.25, -0.2) is 0 Å². The zero-order valence-corrected chi connectivity index (χ0v) is 9.66. The lowest BCUT2D eigenvalue weighted by Gasteiger charge is -2.30. The van der Waals surface area contributed by atoms with Gasteiger partial charge in [-0.15, -0.1) is 0 Å². The lowest BCUT2D eigenvalue weighted by Crippen LogP contribution is -2.48. The van der Waals surface area contributed by atoms with Gasteiger partial charge in [0.25, 0.3) is 0 Å². The number of carbonyl (C=O) groups excluding carboxylic acids is 1. The molecule has 0 saturated heterocycles. The van der Waals surface area contributed by atoms with Crippen LogP contribution in [0.5, 0.6) is 0 Å². The Labute approximate surface area is 91.5 Å². The van der Waals surface area contributed by atoms with Crippen LogP contribution in [0.25, 0.3) is 0 Å². The van der Waals surface area contributed by atoms with E-state index in [9.17, 15) is 4.79 Å². The first-order valence-corrected chi connectivity index (χ1v) is 5.67. The number of nitrogens with two attached hydrogens (primary N) is 1. The van der Waals surface area contributed by atoms with Gasteiger partial charge in [0.1, 0.15) is 6.04 Å². The van der Waals surface area contributed by atoms with Crippen molar-refractivity contribution in [1.29, 1.82) is 0 Å². The van der Waals surface area contributed by atoms with Crippen LogP contribution in [-0.2, 0) is 9.53 Å². The Hall–Kier alpha value is -0.610. The Morgan fingerprint density at radius 1 is 1.60 bits per heavy atom. The Morgan fingerprint density at radius 2 is 2.27 bits per heavy atom. The first-order valence-electron chi connectivity index (χ1n) is 5.67. The summed E-state index contributed by atoms with van der Waals surface area (Å²) in [5, 5.41) is 3.22. The molecule has 88 valence electrons. The SMILES string of the molecule is COCC(NC(C)CC1CCC1)C(N)=O. The molecule has 3 N–H and O–H groups in total. The first-order chi connectivity index (χ1) is 7.13. The summed E-state index contributed by atoms with van der Waals surface area (Å²) in [4.78, 5) is 11.1. The fourth-order valence-corrected chi connectivity index (χ4v) is 2.02. The van der Waals surface area contributed by atoms with E-state index in [1.54, 1.807) is 7.11 Å². The summed E-state index contributed by atoms with van der Waals surface area (Å²) in [6, 6.07) is -0.0203. The monoisotopic (exact) mass is 214 g/mol. The van der Waals surface area contributed by atoms with E-state index in [0.29, 0.717) is 12.6 Å². The number of nitrogens with one attached hydrogen (secondary N) is 1. The molecule has 0 spiro atoms. The molecule has 0 bridgehead atoms. The molecule has 0 aromatic heterocycles. The maximum absolute atomic E-state index is 11.1. The molecule has 1 amide bonds. The summed E-state index contributed by atoms with van der Waals surface area (Å²) < 4.78 is 4.95. The average molecular weight is 214 g/mol. The van der Waals surface area contributed by atoms with Gasteiger partial charge in [0.15, 0.2) is 0 Å². The summed E-state index contributed by atoms with van der Waals surface area (Å²) in [5.74, 6) is 0.501. The third kappa shape index (κ3) is 4.18. The van der Waals surface area contributed by atoms with Crippen LogP contribution in [-0.4, -0.2) is 31.7 Å². The molecule has 1 aliphatic rings. The average Bonchev–Trinajstić information content (AvgIpc) is 2.10. The van der Waals surface area contributed by atoms with Crippen molar-refractivity contribution in [3.05, 3.63) is 0 Å². The van der Waals surface area contributed by atoms with Crippen molar-refractivity contribution in [2.45, 2.75) is 44.7 Å². The van der Waals surface area contributed by atoms with E-state index >= 15 is 0 Å². The summed E-state index contributed by atoms with van der Waals surface area (Å²) in [6.45, 7) is 2.45. The predicted octanol–water partition coefficient (Wildman–Crippen LogP) is 0.655. The Morgan fingerprint density at radius 3 is 2.67 bits per heavy atom. The smallest absolute Gasteiger partial charge is 0.236 e. The van der Waals surface area contributed by atoms with Crippen LogP contribution >= 0.6 is 0 Å². The van der Waals surface area contributed by atoms with E-state index in [2.05, 4.69) is 12.2 Å². The van der Waals surface area contributed by atoms with Crippen molar-refractivity contribution in [1.82, 2.24) is 5.32 Å². The normalized spacial score (nSPS) is 20.7. The highest BCUT2D eigenvalue weighted by atomic mass is 16.5. The van der Waals surface area contributed by atoms with Crippen molar-refractivity contribution >= 4 is 5.91 Å². The Balaban J connectivity index is 2.25. The van der Waals surface area contributed by atoms with E-state index in [-0.39, 0.29) is 11.9 Å². The molecule has 1 saturated carbocycles. The highest BCUT2D eigenvalue weighted by Gasteiger charge is 2.23. The number of primary amides is 1. The predicted molar refractivity (Wildman–Crippen MR) is 59.4 cm³/mol. The molecule has 1 aliphatic carbocycles. The second kappa shape index (κ2) is 6.08. The van der Waals surface area contributed by atoms with Gasteiger partial charge in [-0.05, 0) is 19.3 Å². The molecule has 2 unspecified atom stereocenters. The van der Waals surface area contributed by atoms with Gasteiger partial charge in [-0.1, -0.05) is 19.3 Å². The van der Waals surface area contributed by atoms with E-state index in [0.717, 1.165) is 12.3 Å². The molecule has 0 aliphatic heterocycles. The minimum atomic E-state index is -0.356. The second-order valence-electron chi connectivity index (χ2n) is 4.51. The third-order valence-corrected chi connectivity index (χ3v) is 3.07. The molecule has 4 heteroatoms. The molecule has 4 nitrogen and oxygen atoms in total. The van der Waals surface area contributed by atoms with Crippen molar-refractivity contribution in [3.63, 3.8) is 0 Å². The van der Waals surface area contributed by atoms with Gasteiger partial charge >= 0.3 is 0 Å². The van der Waals surface area contributed by atoms with Crippen molar-refractivity contribution in [2.24, 2.45) is 11.7 Å². The van der Waals surface area contributed by atoms with Crippen LogP contribution in [0.15, 0.2) is 0 Å². The number of hydrogen-bond donors (Lipinski definition) is 2. The quantitative estimate of drug-likeness (QED) is 0.654. The molecule has 1 fully saturated rings. The zero-order chi connectivity index (χ0) is 11.3. The Bertz CT molecular complexity index is 205. The number of rotatable bonds is 7. The molecular formula is C11H22N2O2. The highest BCUT2D eigenvalue weighted by molar-refractivity contribution is 5.80. The van der Waals surface area contributed by atoms with Gasteiger partial charge in [0.2, 0.25) is 5.91 Å². The maximum atomic E-state index is 11.1. The van der Waals surface area contributed by atoms with E-state index < -0.39 is 0 Å². The number of amides is 1. The Kier molecular flexibility index (Phi) is 5.05. The molecule has 0 aromatic rings. The minimum Gasteiger partial charge on any atom is -0.383 e. The van der Waals surface area contributed by atoms with Crippen molar-refractivity contribution < 1.29 is 9.53 Å². The van der Waals surface area contributed by atoms with Crippen LogP contribution in [0, 0.1) is 5.92 Å². The van der Waals surface area contributed by atoms with Gasteiger partial charge in [-0.3, -0.25) is 4.79 Å². The lowest BCUT2D eigenvalue weighted by molar-refractivity contribution is -0.121. The van der Waals surface area contributed by atoms with Crippen molar-refractivity contribution in [3.8, 4) is 0 Å². The van der Waals surface area contributed by atoms with Crippen LogP contribution in [0.3, 0.4) is 0 Å². The van der Waals surface area contributed by atoms with Crippen LogP contribution in [0.1, 0.15) is 32.6 Å². The number of carbonyl (C=O) groups is 1. The van der Waals surface area contributed by atoms with Crippen LogP contribution in [0.4, 0.5) is 0 Å². The van der Waals surface area contributed by atoms with Crippen molar-refractivity contribution in [2.75, 3.05) is 13.7 Å². The fraction of sp³-hybridized carbons (Fsp3) is 0.909. The maximum Gasteiger partial charge on any atom is 0.236 e. The molecule has 15 heavy (non-hydrogen) atoms. The van der Waals surface area contributed by atoms with Crippen LogP contribution < -0.4 is 11.1 Å². The number of methoxy groups -OCH3 is 1. The van der Waals surface area contributed by atoms with E-state index in [1.165, 1.54) is 19.3 Å². The van der Waals surface area contributed by atoms with Crippen LogP contribution in [0.2, 0.25) is 0 Å². The fourth-order valence-electron chi connectivity index (χ4n) is 2.02. The highest BCUT2D eigenvalue weighted by Crippen LogP contribution is 2.30. The molecular weight excluding hydrogens is 192 g/mol. The molecule has 0 aromatic carbocycles. The first kappa shape index (κ1) is 12.5. The molecule has 2 atom stereocenters. The molecule has 1 rings (SSSR count). The van der Waals surface area contributed by atoms with Gasteiger partial charge in [-0.2, -0.15) is 0 Å². The summed E-state index contributed by atoms with van der Waals surface area (Å²) in [5.41, 5.74) is 5.27. The zero-order valence-electron chi connectivity index (χ0n) is 9.66. The van der Waals surface area contributed by atoms with Gasteiger partial charge < -0.3 is 15.8 Å². The van der Waals surface area contributed by atoms with E-state index in [1.807, 2.05) is 0 Å². The topological polar surface area (TPSA) is 64.3 Å².